The number of amides is 1. The van der Waals surface area contributed by atoms with Crippen LogP contribution in [0.1, 0.15) is 48.9 Å². The fourth-order valence-electron chi connectivity index (χ4n) is 5.16. The number of rotatable bonds is 11. The van der Waals surface area contributed by atoms with Crippen LogP contribution < -0.4 is 25.1 Å². The number of ether oxygens (including phenoxy) is 3. The van der Waals surface area contributed by atoms with Crippen LogP contribution in [0.15, 0.2) is 81.1 Å². The fourth-order valence-corrected chi connectivity index (χ4v) is 5.81. The Labute approximate surface area is 292 Å². The van der Waals surface area contributed by atoms with E-state index in [9.17, 15) is 9.59 Å². The second-order valence-corrected chi connectivity index (χ2v) is 12.6. The predicted molar refractivity (Wildman–Crippen MR) is 195 cm³/mol. The van der Waals surface area contributed by atoms with E-state index in [0.717, 1.165) is 28.0 Å². The molecule has 9 nitrogen and oxygen atoms in total. The van der Waals surface area contributed by atoms with E-state index < -0.39 is 0 Å². The molecule has 0 saturated heterocycles. The van der Waals surface area contributed by atoms with Gasteiger partial charge in [-0.2, -0.15) is 9.78 Å². The number of para-hydroxylation sites is 1. The van der Waals surface area contributed by atoms with Gasteiger partial charge in [0, 0.05) is 21.3 Å². The third-order valence-electron chi connectivity index (χ3n) is 7.64. The number of nitrogens with zero attached hydrogens (tertiary/aromatic N) is 3. The van der Waals surface area contributed by atoms with E-state index in [0.29, 0.717) is 44.8 Å². The van der Waals surface area contributed by atoms with Gasteiger partial charge < -0.3 is 19.5 Å². The highest BCUT2D eigenvalue weighted by Crippen LogP contribution is 2.42. The Kier molecular flexibility index (Phi) is 10.9. The Morgan fingerprint density at radius 1 is 1.06 bits per heavy atom. The van der Waals surface area contributed by atoms with Gasteiger partial charge in [0.15, 0.2) is 23.9 Å². The largest absolute Gasteiger partial charge is 0.496 e. The number of anilines is 1. The normalized spacial score (nSPS) is 11.4. The number of halogens is 2. The average Bonchev–Trinajstić information content (AvgIpc) is 3.07. The summed E-state index contributed by atoms with van der Waals surface area (Å²) >= 11 is 10.3. The Balaban J connectivity index is 1.55. The third kappa shape index (κ3) is 7.40. The van der Waals surface area contributed by atoms with Gasteiger partial charge in [0.2, 0.25) is 0 Å². The first kappa shape index (κ1) is 34.7. The Hall–Kier alpha value is -4.67. The second-order valence-electron chi connectivity index (χ2n) is 11.4. The molecule has 0 spiro atoms. The summed E-state index contributed by atoms with van der Waals surface area (Å²) < 4.78 is 19.1. The monoisotopic (exact) mass is 730 g/mol. The van der Waals surface area contributed by atoms with Gasteiger partial charge in [0.05, 0.1) is 30.8 Å². The maximum atomic E-state index is 13.9. The van der Waals surface area contributed by atoms with Crippen molar-refractivity contribution in [2.75, 3.05) is 25.6 Å². The first-order valence-corrected chi connectivity index (χ1v) is 16.6. The molecule has 1 aromatic heterocycles. The van der Waals surface area contributed by atoms with Crippen molar-refractivity contribution in [3.05, 3.63) is 109 Å². The molecule has 5 aromatic rings. The topological polar surface area (TPSA) is 104 Å². The zero-order valence-corrected chi connectivity index (χ0v) is 29.9. The zero-order valence-electron chi connectivity index (χ0n) is 27.6. The molecule has 5 rings (SSSR count). The van der Waals surface area contributed by atoms with Crippen molar-refractivity contribution in [2.45, 2.75) is 40.5 Å². The minimum Gasteiger partial charge on any atom is -0.496 e. The smallest absolute Gasteiger partial charge is 0.282 e. The van der Waals surface area contributed by atoms with Crippen molar-refractivity contribution in [3.8, 4) is 28.6 Å². The third-order valence-corrected chi connectivity index (χ3v) is 9.09. The van der Waals surface area contributed by atoms with E-state index in [1.54, 1.807) is 31.4 Å². The number of nitrogens with one attached hydrogen (secondary N) is 1. The van der Waals surface area contributed by atoms with E-state index >= 15 is 0 Å². The van der Waals surface area contributed by atoms with Gasteiger partial charge in [-0.15, -0.1) is 0 Å². The Morgan fingerprint density at radius 2 is 1.79 bits per heavy atom. The van der Waals surface area contributed by atoms with Crippen LogP contribution in [0.3, 0.4) is 0 Å². The van der Waals surface area contributed by atoms with Crippen LogP contribution in [0.5, 0.6) is 17.2 Å². The number of hydrogen-bond donors (Lipinski definition) is 1. The zero-order chi connectivity index (χ0) is 34.5. The summed E-state index contributed by atoms with van der Waals surface area (Å²) in [6.07, 6.45) is 1.51. The van der Waals surface area contributed by atoms with Crippen molar-refractivity contribution >= 4 is 56.2 Å². The number of benzene rings is 4. The van der Waals surface area contributed by atoms with Crippen molar-refractivity contribution in [1.82, 2.24) is 9.66 Å². The lowest BCUT2D eigenvalue weighted by Gasteiger charge is -2.18. The fraction of sp³-hybridized carbons (Fsp3) is 0.243. The highest BCUT2D eigenvalue weighted by Gasteiger charge is 2.21. The molecule has 0 unspecified atom stereocenters. The van der Waals surface area contributed by atoms with Crippen molar-refractivity contribution in [2.24, 2.45) is 5.10 Å². The van der Waals surface area contributed by atoms with Crippen molar-refractivity contribution in [3.63, 3.8) is 0 Å². The highest BCUT2D eigenvalue weighted by atomic mass is 79.9. The lowest BCUT2D eigenvalue weighted by Crippen LogP contribution is -2.21. The van der Waals surface area contributed by atoms with Gasteiger partial charge in [0.1, 0.15) is 10.8 Å². The van der Waals surface area contributed by atoms with Gasteiger partial charge >= 0.3 is 0 Å². The summed E-state index contributed by atoms with van der Waals surface area (Å²) in [6, 6.07) is 20.2. The van der Waals surface area contributed by atoms with Gasteiger partial charge in [-0.05, 0) is 96.2 Å². The van der Waals surface area contributed by atoms with Gasteiger partial charge in [-0.1, -0.05) is 55.3 Å². The van der Waals surface area contributed by atoms with Crippen LogP contribution in [0.4, 0.5) is 5.69 Å². The number of fused-ring (bicyclic) bond motifs is 1. The van der Waals surface area contributed by atoms with Crippen molar-refractivity contribution in [1.29, 1.82) is 0 Å². The molecule has 0 fully saturated rings. The van der Waals surface area contributed by atoms with Crippen LogP contribution in [0.25, 0.3) is 22.3 Å². The Bertz CT molecular complexity index is 2080. The maximum Gasteiger partial charge on any atom is 0.282 e. The summed E-state index contributed by atoms with van der Waals surface area (Å²) in [5.74, 6) is 1.45. The molecule has 0 aliphatic heterocycles. The number of aryl methyl sites for hydroxylation is 2. The number of carbonyl (C=O) groups is 1. The van der Waals surface area contributed by atoms with Crippen LogP contribution in [0, 0.1) is 13.8 Å². The minimum absolute atomic E-state index is 0.160. The summed E-state index contributed by atoms with van der Waals surface area (Å²) in [5.41, 5.74) is 5.08. The number of methoxy groups -OCH3 is 1. The molecule has 1 N–H and O–H groups in total. The van der Waals surface area contributed by atoms with Crippen LogP contribution in [0.2, 0.25) is 5.02 Å². The number of carbonyl (C=O) groups excluding carboxylic acids is 1. The molecule has 248 valence electrons. The molecular formula is C37H36BrClN4O5. The van der Waals surface area contributed by atoms with Gasteiger partial charge in [0.25, 0.3) is 11.5 Å². The van der Waals surface area contributed by atoms with Gasteiger partial charge in [-0.25, -0.2) is 4.98 Å². The summed E-state index contributed by atoms with van der Waals surface area (Å²) in [5, 5.41) is 8.07. The summed E-state index contributed by atoms with van der Waals surface area (Å²) in [6.45, 7) is 9.92. The molecule has 0 radical (unpaired) electrons. The first-order chi connectivity index (χ1) is 23.0. The van der Waals surface area contributed by atoms with Gasteiger partial charge in [-0.3, -0.25) is 9.59 Å². The van der Waals surface area contributed by atoms with E-state index in [4.69, 9.17) is 30.8 Å². The molecule has 1 heterocycles. The molecule has 48 heavy (non-hydrogen) atoms. The Morgan fingerprint density at radius 3 is 2.48 bits per heavy atom. The maximum absolute atomic E-state index is 13.9. The number of aromatic nitrogens is 2. The molecule has 11 heteroatoms. The van der Waals surface area contributed by atoms with Crippen LogP contribution in [-0.4, -0.2) is 42.1 Å². The highest BCUT2D eigenvalue weighted by molar-refractivity contribution is 9.10. The standard InChI is InChI=1S/C37H36BrClN4O5/c1-7-47-31-17-24(33(38)34(39)35(31)48-20-32(44)41-25-14-12-22(4)13-15-25)19-40-43-36(42-29-11-9-8-10-26(29)37(43)45)28-18-27(21(2)3)30(46-6)16-23(28)5/h8-19,21H,7,20H2,1-6H3,(H,41,44). The molecule has 0 atom stereocenters. The van der Waals surface area contributed by atoms with E-state index in [-0.39, 0.29) is 34.8 Å². The molecule has 0 aliphatic rings. The van der Waals surface area contributed by atoms with E-state index in [1.807, 2.05) is 63.2 Å². The molecule has 0 bridgehead atoms. The summed E-state index contributed by atoms with van der Waals surface area (Å²) in [7, 11) is 1.64. The average molecular weight is 732 g/mol. The minimum atomic E-state index is -0.357. The quantitative estimate of drug-likeness (QED) is 0.137. The van der Waals surface area contributed by atoms with E-state index in [2.05, 4.69) is 40.2 Å². The van der Waals surface area contributed by atoms with E-state index in [1.165, 1.54) is 10.9 Å². The number of hydrogen-bond acceptors (Lipinski definition) is 7. The molecule has 1 amide bonds. The molecule has 0 saturated carbocycles. The van der Waals surface area contributed by atoms with Crippen LogP contribution >= 0.6 is 27.5 Å². The lowest BCUT2D eigenvalue weighted by atomic mass is 9.96. The molecular weight excluding hydrogens is 696 g/mol. The first-order valence-electron chi connectivity index (χ1n) is 15.4. The summed E-state index contributed by atoms with van der Waals surface area (Å²) in [4.78, 5) is 31.5. The SMILES string of the molecule is CCOc1cc(C=Nn2c(-c3cc(C(C)C)c(OC)cc3C)nc3ccccc3c2=O)c(Br)c(Cl)c1OCC(=O)Nc1ccc(C)cc1. The van der Waals surface area contributed by atoms with Crippen molar-refractivity contribution < 1.29 is 19.0 Å². The van der Waals surface area contributed by atoms with Crippen LogP contribution in [-0.2, 0) is 4.79 Å². The predicted octanol–water partition coefficient (Wildman–Crippen LogP) is 8.53. The molecule has 4 aromatic carbocycles. The lowest BCUT2D eigenvalue weighted by molar-refractivity contribution is -0.118. The second kappa shape index (κ2) is 15.0. The molecule has 0 aliphatic carbocycles.